The van der Waals surface area contributed by atoms with Crippen molar-refractivity contribution in [1.82, 2.24) is 5.43 Å². The first-order valence-electron chi connectivity index (χ1n) is 4.17. The van der Waals surface area contributed by atoms with Crippen LogP contribution in [0, 0.1) is 0 Å². The Kier molecular flexibility index (Phi) is 3.49. The standard InChI is InChI=1S/C9H9F3N4/c1-14-16-8(15-13)6-4-2-3-5-7(6)9(10,11)12/h2-5H,1,13H2,(H,15,16). The fraction of sp³-hybridized carbons (Fsp3) is 0.111. The fourth-order valence-corrected chi connectivity index (χ4v) is 1.17. The Morgan fingerprint density at radius 3 is 2.44 bits per heavy atom. The van der Waals surface area contributed by atoms with Crippen molar-refractivity contribution in [1.29, 1.82) is 0 Å². The van der Waals surface area contributed by atoms with Gasteiger partial charge in [0, 0.05) is 12.3 Å². The molecule has 1 aromatic carbocycles. The van der Waals surface area contributed by atoms with Gasteiger partial charge in [0.2, 0.25) is 0 Å². The average molecular weight is 230 g/mol. The van der Waals surface area contributed by atoms with E-state index in [1.54, 1.807) is 0 Å². The van der Waals surface area contributed by atoms with Crippen molar-refractivity contribution < 1.29 is 13.2 Å². The van der Waals surface area contributed by atoms with Crippen LogP contribution in [0.15, 0.2) is 34.5 Å². The lowest BCUT2D eigenvalue weighted by Crippen LogP contribution is -2.24. The van der Waals surface area contributed by atoms with Gasteiger partial charge in [-0.25, -0.2) is 0 Å². The van der Waals surface area contributed by atoms with Crippen molar-refractivity contribution in [3.05, 3.63) is 35.4 Å². The van der Waals surface area contributed by atoms with Gasteiger partial charge in [0.05, 0.1) is 5.56 Å². The van der Waals surface area contributed by atoms with Gasteiger partial charge in [0.1, 0.15) is 0 Å². The predicted octanol–water partition coefficient (Wildman–Crippen LogP) is 1.53. The van der Waals surface area contributed by atoms with E-state index in [2.05, 4.69) is 22.3 Å². The van der Waals surface area contributed by atoms with Crippen LogP contribution in [0.25, 0.3) is 0 Å². The molecule has 0 bridgehead atoms. The highest BCUT2D eigenvalue weighted by Gasteiger charge is 2.34. The molecule has 4 nitrogen and oxygen atoms in total. The van der Waals surface area contributed by atoms with Crippen molar-refractivity contribution in [2.45, 2.75) is 6.18 Å². The summed E-state index contributed by atoms with van der Waals surface area (Å²) in [4.78, 5) is 0. The van der Waals surface area contributed by atoms with Crippen LogP contribution in [-0.2, 0) is 6.18 Å². The molecule has 0 amide bonds. The number of alkyl halides is 3. The van der Waals surface area contributed by atoms with Gasteiger partial charge in [-0.3, -0.25) is 5.43 Å². The van der Waals surface area contributed by atoms with Crippen molar-refractivity contribution in [2.75, 3.05) is 0 Å². The molecule has 1 rings (SSSR count). The number of nitrogens with one attached hydrogen (secondary N) is 1. The van der Waals surface area contributed by atoms with E-state index in [4.69, 9.17) is 5.84 Å². The molecule has 16 heavy (non-hydrogen) atoms. The quantitative estimate of drug-likeness (QED) is 0.350. The van der Waals surface area contributed by atoms with Crippen LogP contribution in [-0.4, -0.2) is 12.6 Å². The zero-order valence-electron chi connectivity index (χ0n) is 8.12. The Bertz CT molecular complexity index is 411. The van der Waals surface area contributed by atoms with Crippen LogP contribution in [0.4, 0.5) is 13.2 Å². The Morgan fingerprint density at radius 2 is 1.94 bits per heavy atom. The molecular weight excluding hydrogens is 221 g/mol. The predicted molar refractivity (Wildman–Crippen MR) is 54.9 cm³/mol. The number of nitrogens with zero attached hydrogens (tertiary/aromatic N) is 2. The summed E-state index contributed by atoms with van der Waals surface area (Å²) in [5.74, 6) is 4.78. The van der Waals surface area contributed by atoms with Gasteiger partial charge in [-0.15, -0.1) is 0 Å². The minimum Gasteiger partial charge on any atom is -0.321 e. The van der Waals surface area contributed by atoms with E-state index in [9.17, 15) is 13.2 Å². The summed E-state index contributed by atoms with van der Waals surface area (Å²) < 4.78 is 37.8. The molecule has 0 aliphatic heterocycles. The lowest BCUT2D eigenvalue weighted by atomic mass is 10.1. The van der Waals surface area contributed by atoms with Gasteiger partial charge >= 0.3 is 6.18 Å². The van der Waals surface area contributed by atoms with Crippen LogP contribution < -0.4 is 11.3 Å². The van der Waals surface area contributed by atoms with Crippen LogP contribution in [0.5, 0.6) is 0 Å². The monoisotopic (exact) mass is 230 g/mol. The topological polar surface area (TPSA) is 62.8 Å². The Labute approximate surface area is 89.6 Å². The van der Waals surface area contributed by atoms with Gasteiger partial charge in [-0.2, -0.15) is 23.4 Å². The highest BCUT2D eigenvalue weighted by atomic mass is 19.4. The number of rotatable bonds is 2. The lowest BCUT2D eigenvalue weighted by Gasteiger charge is -2.12. The number of nitrogens with two attached hydrogens (primary N) is 1. The first-order valence-corrected chi connectivity index (χ1v) is 4.17. The first-order chi connectivity index (χ1) is 7.50. The van der Waals surface area contributed by atoms with Crippen molar-refractivity contribution >= 4 is 12.6 Å². The van der Waals surface area contributed by atoms with E-state index >= 15 is 0 Å². The third-order valence-corrected chi connectivity index (χ3v) is 1.80. The zero-order valence-corrected chi connectivity index (χ0v) is 8.12. The Balaban J connectivity index is 3.28. The van der Waals surface area contributed by atoms with E-state index in [0.29, 0.717) is 0 Å². The molecule has 3 N–H and O–H groups in total. The van der Waals surface area contributed by atoms with Gasteiger partial charge in [-0.1, -0.05) is 18.2 Å². The molecule has 0 radical (unpaired) electrons. The second kappa shape index (κ2) is 4.65. The number of benzene rings is 1. The molecule has 0 fully saturated rings. The van der Waals surface area contributed by atoms with Crippen LogP contribution in [0.3, 0.4) is 0 Å². The number of halogens is 3. The molecule has 0 spiro atoms. The average Bonchev–Trinajstić information content (AvgIpc) is 2.25. The van der Waals surface area contributed by atoms with Crippen molar-refractivity contribution in [2.24, 2.45) is 16.0 Å². The minimum atomic E-state index is -4.48. The lowest BCUT2D eigenvalue weighted by molar-refractivity contribution is -0.137. The Morgan fingerprint density at radius 1 is 1.31 bits per heavy atom. The van der Waals surface area contributed by atoms with Gasteiger partial charge in [-0.05, 0) is 6.07 Å². The SMILES string of the molecule is C=NNC(=NN)c1ccccc1C(F)(F)F. The van der Waals surface area contributed by atoms with Crippen molar-refractivity contribution in [3.63, 3.8) is 0 Å². The maximum absolute atomic E-state index is 12.6. The molecule has 0 atom stereocenters. The van der Waals surface area contributed by atoms with Crippen molar-refractivity contribution in [3.8, 4) is 0 Å². The van der Waals surface area contributed by atoms with Crippen LogP contribution in [0.1, 0.15) is 11.1 Å². The maximum Gasteiger partial charge on any atom is 0.417 e. The number of hydrogen-bond acceptors (Lipinski definition) is 3. The second-order valence-electron chi connectivity index (χ2n) is 2.79. The zero-order chi connectivity index (χ0) is 12.2. The number of hydrazone groups is 2. The number of hydrogen-bond donors (Lipinski definition) is 2. The molecule has 1 aromatic rings. The third-order valence-electron chi connectivity index (χ3n) is 1.80. The molecular formula is C9H9F3N4. The largest absolute Gasteiger partial charge is 0.417 e. The molecule has 0 aliphatic rings. The van der Waals surface area contributed by atoms with E-state index < -0.39 is 11.7 Å². The molecule has 7 heteroatoms. The summed E-state index contributed by atoms with van der Waals surface area (Å²) in [5, 5.41) is 6.42. The van der Waals surface area contributed by atoms with E-state index in [-0.39, 0.29) is 11.4 Å². The molecule has 0 aromatic heterocycles. The van der Waals surface area contributed by atoms with Crippen LogP contribution in [0.2, 0.25) is 0 Å². The van der Waals surface area contributed by atoms with E-state index in [0.717, 1.165) is 6.07 Å². The summed E-state index contributed by atoms with van der Waals surface area (Å²) in [6, 6.07) is 4.90. The fourth-order valence-electron chi connectivity index (χ4n) is 1.17. The van der Waals surface area contributed by atoms with Gasteiger partial charge in [0.25, 0.3) is 0 Å². The third kappa shape index (κ3) is 2.50. The molecule has 0 saturated heterocycles. The molecule has 86 valence electrons. The summed E-state index contributed by atoms with van der Waals surface area (Å²) in [7, 11) is 0. The number of amidine groups is 1. The van der Waals surface area contributed by atoms with Gasteiger partial charge in [0.15, 0.2) is 5.84 Å². The maximum atomic E-state index is 12.6. The van der Waals surface area contributed by atoms with Gasteiger partial charge < -0.3 is 5.84 Å². The Hall–Kier alpha value is -2.05. The highest BCUT2D eigenvalue weighted by Crippen LogP contribution is 2.31. The first kappa shape index (κ1) is 12.0. The summed E-state index contributed by atoms with van der Waals surface area (Å²) >= 11 is 0. The summed E-state index contributed by atoms with van der Waals surface area (Å²) in [5.41, 5.74) is 1.19. The summed E-state index contributed by atoms with van der Waals surface area (Å²) in [6.07, 6.45) is -4.48. The highest BCUT2D eigenvalue weighted by molar-refractivity contribution is 5.99. The molecule has 0 heterocycles. The normalized spacial score (nSPS) is 12.3. The minimum absolute atomic E-state index is 0.176. The summed E-state index contributed by atoms with van der Waals surface area (Å²) in [6.45, 7) is 3.09. The van der Waals surface area contributed by atoms with E-state index in [1.165, 1.54) is 18.2 Å². The smallest absolute Gasteiger partial charge is 0.321 e. The second-order valence-corrected chi connectivity index (χ2v) is 2.79. The molecule has 0 unspecified atom stereocenters. The van der Waals surface area contributed by atoms with Crippen LogP contribution >= 0.6 is 0 Å². The molecule has 0 aliphatic carbocycles. The van der Waals surface area contributed by atoms with E-state index in [1.807, 2.05) is 0 Å². The molecule has 0 saturated carbocycles.